The molecule has 0 bridgehead atoms. The molecule has 1 aromatic heterocycles. The Morgan fingerprint density at radius 1 is 1.33 bits per heavy atom. The van der Waals surface area contributed by atoms with E-state index >= 15 is 0 Å². The number of aromatic nitrogens is 1. The average Bonchev–Trinajstić information content (AvgIpc) is 2.50. The molecule has 1 saturated heterocycles. The lowest BCUT2D eigenvalue weighted by atomic mass is 10.1. The summed E-state index contributed by atoms with van der Waals surface area (Å²) >= 11 is 5.66. The molecule has 24 heavy (non-hydrogen) atoms. The molecular weight excluding hydrogens is 357 g/mol. The molecular formula is C14H13ClF5N3O. The zero-order valence-corrected chi connectivity index (χ0v) is 13.0. The number of hydrogen-bond acceptors (Lipinski definition) is 4. The number of carbonyl (C=O) groups excluding carboxylic acids is 1. The minimum atomic E-state index is -5.93. The fraction of sp³-hybridized carbons (Fsp3) is 0.429. The van der Waals surface area contributed by atoms with E-state index in [0.29, 0.717) is 31.1 Å². The van der Waals surface area contributed by atoms with Gasteiger partial charge in [-0.15, -0.1) is 0 Å². The molecule has 1 N–H and O–H groups in total. The summed E-state index contributed by atoms with van der Waals surface area (Å²) in [4.78, 5) is 16.7. The number of nitrogens with zero attached hydrogens (tertiary/aromatic N) is 2. The first-order valence-corrected chi connectivity index (χ1v) is 7.29. The van der Waals surface area contributed by atoms with Crippen molar-refractivity contribution in [3.8, 4) is 0 Å². The predicted octanol–water partition coefficient (Wildman–Crippen LogP) is 3.14. The molecule has 4 nitrogen and oxygen atoms in total. The van der Waals surface area contributed by atoms with Crippen LogP contribution in [0, 0.1) is 0 Å². The van der Waals surface area contributed by atoms with Crippen molar-refractivity contribution in [2.45, 2.75) is 25.1 Å². The number of carbonyl (C=O) groups is 1. The normalized spacial score (nSPS) is 17.8. The molecule has 1 aliphatic rings. The van der Waals surface area contributed by atoms with Crippen LogP contribution in [-0.2, 0) is 11.3 Å². The topological polar surface area (TPSA) is 45.2 Å². The Balaban J connectivity index is 2.19. The number of nitrogens with one attached hydrogen (secondary N) is 1. The molecule has 0 aromatic carbocycles. The summed E-state index contributed by atoms with van der Waals surface area (Å²) in [5.74, 6) is -7.81. The first kappa shape index (κ1) is 18.4. The molecule has 1 aromatic rings. The van der Waals surface area contributed by atoms with Crippen molar-refractivity contribution in [1.82, 2.24) is 15.2 Å². The van der Waals surface area contributed by atoms with Crippen molar-refractivity contribution < 1.29 is 26.7 Å². The van der Waals surface area contributed by atoms with Crippen LogP contribution in [-0.4, -0.2) is 40.9 Å². The second kappa shape index (κ2) is 6.92. The van der Waals surface area contributed by atoms with E-state index in [-0.39, 0.29) is 17.5 Å². The average molecular weight is 370 g/mol. The number of allylic oxidation sites excluding steroid dienone is 1. The van der Waals surface area contributed by atoms with E-state index in [4.69, 9.17) is 11.6 Å². The van der Waals surface area contributed by atoms with Gasteiger partial charge in [0.15, 0.2) is 0 Å². The van der Waals surface area contributed by atoms with Crippen LogP contribution in [0.4, 0.5) is 22.0 Å². The van der Waals surface area contributed by atoms with Crippen LogP contribution in [0.3, 0.4) is 0 Å². The lowest BCUT2D eigenvalue weighted by Crippen LogP contribution is -2.45. The number of halogens is 6. The third-order valence-electron chi connectivity index (χ3n) is 3.35. The highest BCUT2D eigenvalue weighted by Gasteiger charge is 2.62. The van der Waals surface area contributed by atoms with Crippen LogP contribution in [0.15, 0.2) is 30.2 Å². The van der Waals surface area contributed by atoms with Crippen LogP contribution < -0.4 is 5.32 Å². The Bertz CT molecular complexity index is 630. The monoisotopic (exact) mass is 369 g/mol. The SMILES string of the molecule is O=C(C=C1NCCCN1Cc1ccc(Cl)nc1)C(F)(F)C(F)(F)F. The molecule has 1 aliphatic heterocycles. The van der Waals surface area contributed by atoms with Crippen molar-refractivity contribution >= 4 is 17.4 Å². The van der Waals surface area contributed by atoms with E-state index in [1.165, 1.54) is 17.2 Å². The molecule has 0 unspecified atom stereocenters. The molecule has 0 spiro atoms. The van der Waals surface area contributed by atoms with Crippen molar-refractivity contribution in [2.75, 3.05) is 13.1 Å². The van der Waals surface area contributed by atoms with E-state index in [0.717, 1.165) is 0 Å². The lowest BCUT2D eigenvalue weighted by Gasteiger charge is -2.33. The Kier molecular flexibility index (Phi) is 5.32. The molecule has 2 rings (SSSR count). The molecule has 10 heteroatoms. The summed E-state index contributed by atoms with van der Waals surface area (Å²) in [6.45, 7) is 0.951. The first-order chi connectivity index (χ1) is 11.1. The van der Waals surface area contributed by atoms with Gasteiger partial charge in [-0.3, -0.25) is 4.79 Å². The molecule has 0 atom stereocenters. The third kappa shape index (κ3) is 4.14. The highest BCUT2D eigenvalue weighted by molar-refractivity contribution is 6.29. The van der Waals surface area contributed by atoms with Crippen molar-refractivity contribution in [1.29, 1.82) is 0 Å². The first-order valence-electron chi connectivity index (χ1n) is 6.91. The summed E-state index contributed by atoms with van der Waals surface area (Å²) in [6.07, 6.45) is -3.53. The van der Waals surface area contributed by atoms with Crippen molar-refractivity contribution in [2.24, 2.45) is 0 Å². The van der Waals surface area contributed by atoms with Gasteiger partial charge in [0.1, 0.15) is 11.0 Å². The van der Waals surface area contributed by atoms with Crippen LogP contribution in [0.1, 0.15) is 12.0 Å². The maximum Gasteiger partial charge on any atom is 0.461 e. The molecule has 0 saturated carbocycles. The molecule has 0 radical (unpaired) electrons. The maximum atomic E-state index is 13.1. The van der Waals surface area contributed by atoms with E-state index in [1.807, 2.05) is 0 Å². The van der Waals surface area contributed by atoms with Gasteiger partial charge in [-0.1, -0.05) is 17.7 Å². The van der Waals surface area contributed by atoms with Crippen LogP contribution in [0.2, 0.25) is 5.15 Å². The number of ketones is 1. The Morgan fingerprint density at radius 2 is 2.04 bits per heavy atom. The summed E-state index contributed by atoms with van der Waals surface area (Å²) in [6, 6.07) is 3.17. The zero-order chi connectivity index (χ0) is 18.0. The summed E-state index contributed by atoms with van der Waals surface area (Å²) in [5.41, 5.74) is 0.670. The molecule has 2 heterocycles. The summed E-state index contributed by atoms with van der Waals surface area (Å²) in [5, 5.41) is 2.94. The molecule has 1 fully saturated rings. The van der Waals surface area contributed by atoms with Gasteiger partial charge in [0.2, 0.25) is 5.78 Å². The fourth-order valence-electron chi connectivity index (χ4n) is 2.10. The summed E-state index contributed by atoms with van der Waals surface area (Å²) < 4.78 is 63.0. The van der Waals surface area contributed by atoms with Gasteiger partial charge in [0.25, 0.3) is 0 Å². The Morgan fingerprint density at radius 3 is 2.62 bits per heavy atom. The standard InChI is InChI=1S/C14H13ClF5N3O/c15-11-3-2-9(7-22-11)8-23-5-1-4-21-12(23)6-10(24)13(16,17)14(18,19)20/h2-3,6-7,21H,1,4-5,8H2. The van der Waals surface area contributed by atoms with Crippen molar-refractivity contribution in [3.05, 3.63) is 40.9 Å². The largest absolute Gasteiger partial charge is 0.461 e. The van der Waals surface area contributed by atoms with E-state index in [9.17, 15) is 26.7 Å². The minimum Gasteiger partial charge on any atom is -0.372 e. The van der Waals surface area contributed by atoms with E-state index in [1.54, 1.807) is 6.07 Å². The minimum absolute atomic E-state index is 0.0786. The van der Waals surface area contributed by atoms with Crippen molar-refractivity contribution in [3.63, 3.8) is 0 Å². The number of alkyl halides is 5. The smallest absolute Gasteiger partial charge is 0.372 e. The van der Waals surface area contributed by atoms with Crippen LogP contribution in [0.25, 0.3) is 0 Å². The maximum absolute atomic E-state index is 13.1. The van der Waals surface area contributed by atoms with Crippen LogP contribution >= 0.6 is 11.6 Å². The van der Waals surface area contributed by atoms with Gasteiger partial charge >= 0.3 is 12.1 Å². The van der Waals surface area contributed by atoms with Gasteiger partial charge in [-0.05, 0) is 18.1 Å². The van der Waals surface area contributed by atoms with Gasteiger partial charge in [0.05, 0.1) is 0 Å². The fourth-order valence-corrected chi connectivity index (χ4v) is 2.21. The molecule has 0 aliphatic carbocycles. The Labute approximate surface area is 139 Å². The number of hydrogen-bond donors (Lipinski definition) is 1. The summed E-state index contributed by atoms with van der Waals surface area (Å²) in [7, 11) is 0. The van der Waals surface area contributed by atoms with E-state index < -0.39 is 17.9 Å². The molecule has 0 amide bonds. The predicted molar refractivity (Wildman–Crippen MR) is 76.4 cm³/mol. The second-order valence-corrected chi connectivity index (χ2v) is 5.54. The third-order valence-corrected chi connectivity index (χ3v) is 3.57. The van der Waals surface area contributed by atoms with Gasteiger partial charge in [0, 0.05) is 31.9 Å². The van der Waals surface area contributed by atoms with Gasteiger partial charge in [-0.2, -0.15) is 22.0 Å². The van der Waals surface area contributed by atoms with Gasteiger partial charge in [-0.25, -0.2) is 4.98 Å². The number of rotatable bonds is 4. The zero-order valence-electron chi connectivity index (χ0n) is 12.2. The second-order valence-electron chi connectivity index (χ2n) is 5.16. The number of pyridine rings is 1. The quantitative estimate of drug-likeness (QED) is 0.503. The molecule has 132 valence electrons. The Hall–Kier alpha value is -1.90. The lowest BCUT2D eigenvalue weighted by molar-refractivity contribution is -0.266. The highest BCUT2D eigenvalue weighted by atomic mass is 35.5. The highest BCUT2D eigenvalue weighted by Crippen LogP contribution is 2.36. The van der Waals surface area contributed by atoms with Gasteiger partial charge < -0.3 is 10.2 Å². The van der Waals surface area contributed by atoms with E-state index in [2.05, 4.69) is 10.3 Å². The van der Waals surface area contributed by atoms with Crippen LogP contribution in [0.5, 0.6) is 0 Å².